The van der Waals surface area contributed by atoms with Crippen LogP contribution in [0.1, 0.15) is 16.1 Å². The molecule has 0 atom stereocenters. The summed E-state index contributed by atoms with van der Waals surface area (Å²) < 4.78 is 17.1. The molecule has 0 aliphatic carbocycles. The molecular formula is C10H9FN4OS. The Morgan fingerprint density at radius 1 is 1.53 bits per heavy atom. The Hall–Kier alpha value is -2.02. The summed E-state index contributed by atoms with van der Waals surface area (Å²) in [7, 11) is 0. The molecule has 1 heterocycles. The molecule has 1 aromatic heterocycles. The first-order valence-corrected chi connectivity index (χ1v) is 5.59. The van der Waals surface area contributed by atoms with E-state index in [2.05, 4.69) is 14.9 Å². The number of amides is 1. The fourth-order valence-electron chi connectivity index (χ4n) is 1.26. The Morgan fingerprint density at radius 2 is 2.35 bits per heavy atom. The van der Waals surface area contributed by atoms with Crippen LogP contribution < -0.4 is 11.1 Å². The molecule has 1 aromatic carbocycles. The van der Waals surface area contributed by atoms with Crippen molar-refractivity contribution in [3.8, 4) is 0 Å². The molecule has 88 valence electrons. The van der Waals surface area contributed by atoms with E-state index in [0.717, 1.165) is 0 Å². The van der Waals surface area contributed by atoms with Crippen LogP contribution in [0, 0.1) is 5.82 Å². The lowest BCUT2D eigenvalue weighted by atomic mass is 10.2. The fraction of sp³-hybridized carbons (Fsp3) is 0.100. The third kappa shape index (κ3) is 2.76. The van der Waals surface area contributed by atoms with E-state index in [1.165, 1.54) is 29.7 Å². The van der Waals surface area contributed by atoms with Gasteiger partial charge in [0.2, 0.25) is 5.91 Å². The highest BCUT2D eigenvalue weighted by molar-refractivity contribution is 7.03. The number of rotatable bonds is 4. The Kier molecular flexibility index (Phi) is 3.29. The molecule has 2 aromatic rings. The zero-order valence-corrected chi connectivity index (χ0v) is 9.50. The van der Waals surface area contributed by atoms with Crippen LogP contribution >= 0.6 is 11.5 Å². The molecule has 0 saturated heterocycles. The van der Waals surface area contributed by atoms with E-state index in [9.17, 15) is 9.18 Å². The summed E-state index contributed by atoms with van der Waals surface area (Å²) in [6.07, 6.45) is 0. The van der Waals surface area contributed by atoms with Gasteiger partial charge in [-0.25, -0.2) is 4.39 Å². The second-order valence-electron chi connectivity index (χ2n) is 3.31. The zero-order chi connectivity index (χ0) is 12.3. The summed E-state index contributed by atoms with van der Waals surface area (Å²) >= 11 is 1.22. The number of anilines is 1. The molecule has 0 saturated carbocycles. The summed E-state index contributed by atoms with van der Waals surface area (Å²) in [5.74, 6) is -1.04. The van der Waals surface area contributed by atoms with E-state index in [0.29, 0.717) is 12.2 Å². The summed E-state index contributed by atoms with van der Waals surface area (Å²) in [4.78, 5) is 10.9. The monoisotopic (exact) mass is 252 g/mol. The SMILES string of the molecule is NC(=O)c1ccc(F)c(NCc2csnn2)c1. The summed E-state index contributed by atoms with van der Waals surface area (Å²) in [6.45, 7) is 0.343. The highest BCUT2D eigenvalue weighted by Crippen LogP contribution is 2.16. The van der Waals surface area contributed by atoms with E-state index in [1.807, 2.05) is 0 Å². The first-order valence-electron chi connectivity index (χ1n) is 4.76. The number of hydrogen-bond donors (Lipinski definition) is 2. The standard InChI is InChI=1S/C10H9FN4OS/c11-8-2-1-6(10(12)16)3-9(8)13-4-7-5-17-15-14-7/h1-3,5,13H,4H2,(H2,12,16). The topological polar surface area (TPSA) is 80.9 Å². The Labute approximate surface area is 101 Å². The van der Waals surface area contributed by atoms with Crippen molar-refractivity contribution in [3.63, 3.8) is 0 Å². The molecule has 0 unspecified atom stereocenters. The number of nitrogens with one attached hydrogen (secondary N) is 1. The van der Waals surface area contributed by atoms with Crippen molar-refractivity contribution < 1.29 is 9.18 Å². The van der Waals surface area contributed by atoms with Crippen molar-refractivity contribution in [2.24, 2.45) is 5.73 Å². The van der Waals surface area contributed by atoms with Crippen LogP contribution in [-0.4, -0.2) is 15.5 Å². The van der Waals surface area contributed by atoms with Gasteiger partial charge < -0.3 is 11.1 Å². The second kappa shape index (κ2) is 4.88. The molecule has 5 nitrogen and oxygen atoms in total. The van der Waals surface area contributed by atoms with Gasteiger partial charge in [-0.05, 0) is 29.7 Å². The highest BCUT2D eigenvalue weighted by Gasteiger charge is 2.07. The van der Waals surface area contributed by atoms with Crippen LogP contribution in [0.5, 0.6) is 0 Å². The van der Waals surface area contributed by atoms with Crippen molar-refractivity contribution in [2.45, 2.75) is 6.54 Å². The van der Waals surface area contributed by atoms with Gasteiger partial charge in [-0.1, -0.05) is 4.49 Å². The van der Waals surface area contributed by atoms with Crippen molar-refractivity contribution in [1.29, 1.82) is 0 Å². The van der Waals surface area contributed by atoms with E-state index >= 15 is 0 Å². The average Bonchev–Trinajstić information content (AvgIpc) is 2.80. The lowest BCUT2D eigenvalue weighted by Crippen LogP contribution is -2.12. The Balaban J connectivity index is 2.14. The number of hydrogen-bond acceptors (Lipinski definition) is 5. The number of aromatic nitrogens is 2. The van der Waals surface area contributed by atoms with E-state index < -0.39 is 11.7 Å². The maximum absolute atomic E-state index is 13.4. The predicted octanol–water partition coefficient (Wildman–Crippen LogP) is 1.39. The molecule has 17 heavy (non-hydrogen) atoms. The maximum atomic E-state index is 13.4. The molecule has 0 aliphatic rings. The smallest absolute Gasteiger partial charge is 0.248 e. The van der Waals surface area contributed by atoms with Gasteiger partial charge in [0.25, 0.3) is 0 Å². The van der Waals surface area contributed by atoms with Crippen LogP contribution in [0.2, 0.25) is 0 Å². The zero-order valence-electron chi connectivity index (χ0n) is 8.68. The molecule has 0 fully saturated rings. The number of nitrogens with two attached hydrogens (primary N) is 1. The van der Waals surface area contributed by atoms with Crippen molar-refractivity contribution in [1.82, 2.24) is 9.59 Å². The largest absolute Gasteiger partial charge is 0.377 e. The van der Waals surface area contributed by atoms with Gasteiger partial charge in [0.1, 0.15) is 5.82 Å². The molecule has 7 heteroatoms. The number of halogens is 1. The maximum Gasteiger partial charge on any atom is 0.248 e. The van der Waals surface area contributed by atoms with Gasteiger partial charge in [0.05, 0.1) is 17.9 Å². The lowest BCUT2D eigenvalue weighted by molar-refractivity contribution is 0.100. The predicted molar refractivity (Wildman–Crippen MR) is 62.2 cm³/mol. The van der Waals surface area contributed by atoms with Crippen LogP contribution in [0.25, 0.3) is 0 Å². The summed E-state index contributed by atoms with van der Waals surface area (Å²) in [5.41, 5.74) is 6.29. The van der Waals surface area contributed by atoms with Gasteiger partial charge in [-0.3, -0.25) is 4.79 Å². The molecular weight excluding hydrogens is 243 g/mol. The molecule has 0 radical (unpaired) electrons. The van der Waals surface area contributed by atoms with E-state index in [4.69, 9.17) is 5.73 Å². The van der Waals surface area contributed by atoms with Crippen molar-refractivity contribution >= 4 is 23.1 Å². The average molecular weight is 252 g/mol. The Morgan fingerprint density at radius 3 is 3.00 bits per heavy atom. The van der Waals surface area contributed by atoms with Gasteiger partial charge >= 0.3 is 0 Å². The second-order valence-corrected chi connectivity index (χ2v) is 3.92. The number of primary amides is 1. The van der Waals surface area contributed by atoms with E-state index in [1.54, 1.807) is 5.38 Å². The highest BCUT2D eigenvalue weighted by atomic mass is 32.1. The normalized spacial score (nSPS) is 10.2. The van der Waals surface area contributed by atoms with Crippen molar-refractivity contribution in [2.75, 3.05) is 5.32 Å². The molecule has 2 rings (SSSR count). The third-order valence-corrected chi connectivity index (χ3v) is 2.67. The van der Waals surface area contributed by atoms with Gasteiger partial charge in [0, 0.05) is 10.9 Å². The van der Waals surface area contributed by atoms with Crippen molar-refractivity contribution in [3.05, 3.63) is 40.7 Å². The van der Waals surface area contributed by atoms with E-state index in [-0.39, 0.29) is 11.3 Å². The number of nitrogens with zero attached hydrogens (tertiary/aromatic N) is 2. The molecule has 1 amide bonds. The van der Waals surface area contributed by atoms with Crippen LogP contribution in [0.4, 0.5) is 10.1 Å². The quantitative estimate of drug-likeness (QED) is 0.861. The first-order chi connectivity index (χ1) is 8.16. The van der Waals surface area contributed by atoms with Gasteiger partial charge in [-0.2, -0.15) is 0 Å². The minimum Gasteiger partial charge on any atom is -0.377 e. The minimum atomic E-state index is -0.594. The third-order valence-electron chi connectivity index (χ3n) is 2.12. The number of benzene rings is 1. The number of carbonyl (C=O) groups is 1. The minimum absolute atomic E-state index is 0.217. The van der Waals surface area contributed by atoms with Gasteiger partial charge in [-0.15, -0.1) is 5.10 Å². The Bertz CT molecular complexity index is 529. The molecule has 3 N–H and O–H groups in total. The number of carbonyl (C=O) groups excluding carboxylic acids is 1. The molecule has 0 spiro atoms. The van der Waals surface area contributed by atoms with Crippen LogP contribution in [-0.2, 0) is 6.54 Å². The summed E-state index contributed by atoms with van der Waals surface area (Å²) in [6, 6.07) is 3.91. The van der Waals surface area contributed by atoms with Crippen LogP contribution in [0.3, 0.4) is 0 Å². The van der Waals surface area contributed by atoms with Crippen LogP contribution in [0.15, 0.2) is 23.6 Å². The first kappa shape index (κ1) is 11.5. The lowest BCUT2D eigenvalue weighted by Gasteiger charge is -2.06. The fourth-order valence-corrected chi connectivity index (χ4v) is 1.71. The summed E-state index contributed by atoms with van der Waals surface area (Å²) in [5, 5.41) is 8.40. The molecule has 0 bridgehead atoms. The van der Waals surface area contributed by atoms with Gasteiger partial charge in [0.15, 0.2) is 0 Å². The molecule has 0 aliphatic heterocycles.